The van der Waals surface area contributed by atoms with Crippen LogP contribution in [0.2, 0.25) is 5.35 Å². The largest absolute Gasteiger partial charge is 0.428 e. The molecule has 2 heterocycles. The zero-order valence-corrected chi connectivity index (χ0v) is 8.45. The van der Waals surface area contributed by atoms with Crippen LogP contribution in [0.1, 0.15) is 0 Å². The van der Waals surface area contributed by atoms with Crippen LogP contribution in [0, 0.1) is 0 Å². The lowest BCUT2D eigenvalue weighted by molar-refractivity contribution is 0.575. The monoisotopic (exact) mass is 218 g/mol. The molecule has 0 fully saturated rings. The number of nitrogens with one attached hydrogen (secondary N) is 1. The fourth-order valence-electron chi connectivity index (χ4n) is 1.65. The average Bonchev–Trinajstić information content (AvgIpc) is 2.83. The van der Waals surface area contributed by atoms with Crippen molar-refractivity contribution >= 4 is 22.5 Å². The summed E-state index contributed by atoms with van der Waals surface area (Å²) in [5, 5.41) is 1.26. The molecule has 0 aliphatic carbocycles. The van der Waals surface area contributed by atoms with Gasteiger partial charge in [-0.05, 0) is 17.7 Å². The van der Waals surface area contributed by atoms with Gasteiger partial charge in [-0.15, -0.1) is 0 Å². The number of fused-ring (bicyclic) bond motifs is 1. The number of H-pyrrole nitrogens is 1. The smallest absolute Gasteiger partial charge is 0.292 e. The van der Waals surface area contributed by atoms with Crippen LogP contribution in [0.5, 0.6) is 0 Å². The molecule has 3 rings (SSSR count). The molecular weight excluding hydrogens is 212 g/mol. The number of aromatic nitrogens is 2. The minimum atomic E-state index is 0.162. The number of para-hydroxylation sites is 1. The van der Waals surface area contributed by atoms with Crippen molar-refractivity contribution in [1.82, 2.24) is 9.97 Å². The summed E-state index contributed by atoms with van der Waals surface area (Å²) >= 11 is 5.64. The van der Waals surface area contributed by atoms with Crippen molar-refractivity contribution in [2.75, 3.05) is 0 Å². The Bertz CT molecular complexity index is 612. The van der Waals surface area contributed by atoms with Gasteiger partial charge in [-0.3, -0.25) is 0 Å². The van der Waals surface area contributed by atoms with Gasteiger partial charge in [0.1, 0.15) is 0 Å². The molecule has 0 aliphatic heterocycles. The van der Waals surface area contributed by atoms with Crippen molar-refractivity contribution in [3.8, 4) is 11.3 Å². The first-order valence-electron chi connectivity index (χ1n) is 4.52. The number of aromatic amines is 1. The second-order valence-corrected chi connectivity index (χ2v) is 3.55. The minimum Gasteiger partial charge on any atom is -0.428 e. The van der Waals surface area contributed by atoms with Gasteiger partial charge in [0.15, 0.2) is 5.76 Å². The topological polar surface area (TPSA) is 41.8 Å². The Kier molecular flexibility index (Phi) is 1.79. The van der Waals surface area contributed by atoms with Crippen LogP contribution >= 0.6 is 11.6 Å². The molecule has 1 N–H and O–H groups in total. The van der Waals surface area contributed by atoms with Crippen molar-refractivity contribution < 1.29 is 4.42 Å². The molecule has 0 saturated carbocycles. The number of benzene rings is 1. The zero-order chi connectivity index (χ0) is 10.3. The highest BCUT2D eigenvalue weighted by Gasteiger charge is 2.09. The van der Waals surface area contributed by atoms with Gasteiger partial charge in [0.25, 0.3) is 5.35 Å². The molecule has 4 heteroatoms. The number of hydrogen-bond acceptors (Lipinski definition) is 2. The number of nitrogens with zero attached hydrogens (tertiary/aromatic N) is 1. The van der Waals surface area contributed by atoms with E-state index >= 15 is 0 Å². The van der Waals surface area contributed by atoms with Crippen LogP contribution in [-0.2, 0) is 0 Å². The summed E-state index contributed by atoms with van der Waals surface area (Å²) in [6, 6.07) is 8.00. The maximum Gasteiger partial charge on any atom is 0.292 e. The van der Waals surface area contributed by atoms with Crippen molar-refractivity contribution in [3.05, 3.63) is 42.0 Å². The number of oxazole rings is 1. The van der Waals surface area contributed by atoms with E-state index in [4.69, 9.17) is 16.0 Å². The first kappa shape index (κ1) is 8.56. The third-order valence-corrected chi connectivity index (χ3v) is 2.51. The fraction of sp³-hybridized carbons (Fsp3) is 0. The molecule has 1 aromatic carbocycles. The van der Waals surface area contributed by atoms with Gasteiger partial charge < -0.3 is 9.40 Å². The Morgan fingerprint density at radius 3 is 2.93 bits per heavy atom. The van der Waals surface area contributed by atoms with Gasteiger partial charge in [0.2, 0.25) is 0 Å². The third kappa shape index (κ3) is 1.32. The van der Waals surface area contributed by atoms with Gasteiger partial charge in [0, 0.05) is 22.7 Å². The molecule has 15 heavy (non-hydrogen) atoms. The lowest BCUT2D eigenvalue weighted by atomic mass is 10.1. The van der Waals surface area contributed by atoms with E-state index in [-0.39, 0.29) is 5.35 Å². The highest BCUT2D eigenvalue weighted by atomic mass is 35.5. The summed E-state index contributed by atoms with van der Waals surface area (Å²) in [7, 11) is 0. The van der Waals surface area contributed by atoms with E-state index in [0.717, 1.165) is 16.5 Å². The summed E-state index contributed by atoms with van der Waals surface area (Å²) in [6.45, 7) is 0. The standard InChI is InChI=1S/C11H7ClN2O/c12-11-14-6-10(15-11)8-5-13-9-4-2-1-3-7(8)9/h1-6,13H. The van der Waals surface area contributed by atoms with E-state index in [1.165, 1.54) is 0 Å². The molecule has 0 bridgehead atoms. The van der Waals surface area contributed by atoms with E-state index < -0.39 is 0 Å². The molecule has 0 aliphatic rings. The maximum atomic E-state index is 5.64. The van der Waals surface area contributed by atoms with Crippen molar-refractivity contribution in [3.63, 3.8) is 0 Å². The average molecular weight is 219 g/mol. The maximum absolute atomic E-state index is 5.64. The molecule has 0 saturated heterocycles. The van der Waals surface area contributed by atoms with Crippen molar-refractivity contribution in [2.45, 2.75) is 0 Å². The van der Waals surface area contributed by atoms with Gasteiger partial charge in [-0.2, -0.15) is 0 Å². The summed E-state index contributed by atoms with van der Waals surface area (Å²) in [5.74, 6) is 0.678. The Morgan fingerprint density at radius 2 is 2.13 bits per heavy atom. The van der Waals surface area contributed by atoms with Gasteiger partial charge in [-0.25, -0.2) is 4.98 Å². The highest BCUT2D eigenvalue weighted by Crippen LogP contribution is 2.29. The molecule has 3 nitrogen and oxygen atoms in total. The fourth-order valence-corrected chi connectivity index (χ4v) is 1.78. The van der Waals surface area contributed by atoms with Crippen LogP contribution in [0.3, 0.4) is 0 Å². The van der Waals surface area contributed by atoms with E-state index in [0.29, 0.717) is 5.76 Å². The number of rotatable bonds is 1. The normalized spacial score (nSPS) is 11.0. The van der Waals surface area contributed by atoms with E-state index in [1.54, 1.807) is 6.20 Å². The van der Waals surface area contributed by atoms with Gasteiger partial charge >= 0.3 is 0 Å². The molecule has 0 amide bonds. The lowest BCUT2D eigenvalue weighted by Crippen LogP contribution is -1.69. The minimum absolute atomic E-state index is 0.162. The summed E-state index contributed by atoms with van der Waals surface area (Å²) in [4.78, 5) is 7.03. The molecule has 0 radical (unpaired) electrons. The van der Waals surface area contributed by atoms with Crippen molar-refractivity contribution in [1.29, 1.82) is 0 Å². The summed E-state index contributed by atoms with van der Waals surface area (Å²) in [6.07, 6.45) is 3.51. The lowest BCUT2D eigenvalue weighted by Gasteiger charge is -1.92. The Morgan fingerprint density at radius 1 is 1.27 bits per heavy atom. The van der Waals surface area contributed by atoms with Crippen molar-refractivity contribution in [2.24, 2.45) is 0 Å². The molecule has 0 atom stereocenters. The number of hydrogen-bond donors (Lipinski definition) is 1. The quantitative estimate of drug-likeness (QED) is 0.680. The second kappa shape index (κ2) is 3.14. The van der Waals surface area contributed by atoms with Crippen LogP contribution < -0.4 is 0 Å². The SMILES string of the molecule is Clc1ncc(-c2c[nH]c3ccccc23)o1. The molecule has 74 valence electrons. The molecular formula is C11H7ClN2O. The molecule has 0 unspecified atom stereocenters. The second-order valence-electron chi connectivity index (χ2n) is 3.23. The third-order valence-electron chi connectivity index (χ3n) is 2.33. The highest BCUT2D eigenvalue weighted by molar-refractivity contribution is 6.27. The first-order valence-corrected chi connectivity index (χ1v) is 4.90. The summed E-state index contributed by atoms with van der Waals surface area (Å²) in [5.41, 5.74) is 2.05. The van der Waals surface area contributed by atoms with E-state index in [2.05, 4.69) is 9.97 Å². The van der Waals surface area contributed by atoms with Gasteiger partial charge in [0.05, 0.1) is 6.20 Å². The Hall–Kier alpha value is -1.74. The van der Waals surface area contributed by atoms with Crippen LogP contribution in [-0.4, -0.2) is 9.97 Å². The molecule has 3 aromatic rings. The van der Waals surface area contributed by atoms with Crippen LogP contribution in [0.4, 0.5) is 0 Å². The first-order chi connectivity index (χ1) is 7.34. The van der Waals surface area contributed by atoms with E-state index in [9.17, 15) is 0 Å². The Labute approximate surface area is 90.7 Å². The predicted molar refractivity (Wildman–Crippen MR) is 58.8 cm³/mol. The van der Waals surface area contributed by atoms with Gasteiger partial charge in [-0.1, -0.05) is 18.2 Å². The molecule has 2 aromatic heterocycles. The Balaban J connectivity index is 2.27. The zero-order valence-electron chi connectivity index (χ0n) is 7.70. The van der Waals surface area contributed by atoms with E-state index in [1.807, 2.05) is 30.5 Å². The predicted octanol–water partition coefficient (Wildman–Crippen LogP) is 3.48. The summed E-state index contributed by atoms with van der Waals surface area (Å²) < 4.78 is 5.27. The molecule has 0 spiro atoms. The van der Waals surface area contributed by atoms with Crippen LogP contribution in [0.25, 0.3) is 22.2 Å². The van der Waals surface area contributed by atoms with Crippen LogP contribution in [0.15, 0.2) is 41.1 Å². The number of halogens is 1.